The van der Waals surface area contributed by atoms with Crippen LogP contribution in [0.4, 0.5) is 5.69 Å². The zero-order valence-electron chi connectivity index (χ0n) is 18.4. The predicted molar refractivity (Wildman–Crippen MR) is 124 cm³/mol. The summed E-state index contributed by atoms with van der Waals surface area (Å²) >= 11 is 1.37. The second-order valence-electron chi connectivity index (χ2n) is 8.17. The molecule has 4 N–H and O–H groups in total. The summed E-state index contributed by atoms with van der Waals surface area (Å²) in [5.74, 6) is -0.0952. The summed E-state index contributed by atoms with van der Waals surface area (Å²) in [6, 6.07) is 7.62. The quantitative estimate of drug-likeness (QED) is 0.369. The predicted octanol–water partition coefficient (Wildman–Crippen LogP) is 4.19. The number of H-pyrrole nitrogens is 3. The molecule has 5 heterocycles. The minimum Gasteiger partial charge on any atom is -0.461 e. The fraction of sp³-hybridized carbons (Fsp3) is 0.250. The molecule has 0 spiro atoms. The average molecular weight is 477 g/mol. The Morgan fingerprint density at radius 1 is 1.32 bits per heavy atom. The van der Waals surface area contributed by atoms with E-state index >= 15 is 0 Å². The second kappa shape index (κ2) is 8.21. The van der Waals surface area contributed by atoms with Crippen LogP contribution < -0.4 is 10.3 Å². The van der Waals surface area contributed by atoms with Crippen molar-refractivity contribution in [3.63, 3.8) is 0 Å². The molecule has 4 aromatic rings. The van der Waals surface area contributed by atoms with Crippen molar-refractivity contribution in [2.45, 2.75) is 42.4 Å². The number of ether oxygens (including phenoxy) is 1. The Morgan fingerprint density at radius 3 is 3.09 bits per heavy atom. The van der Waals surface area contributed by atoms with Gasteiger partial charge in [0.15, 0.2) is 10.9 Å². The zero-order valence-corrected chi connectivity index (χ0v) is 19.2. The van der Waals surface area contributed by atoms with E-state index in [1.165, 1.54) is 11.8 Å². The first-order valence-electron chi connectivity index (χ1n) is 11.2. The number of imidazole rings is 1. The molecule has 0 fully saturated rings. The molecule has 1 aliphatic carbocycles. The number of carbonyl (C=O) groups is 2. The molecular weight excluding hydrogens is 454 g/mol. The number of aromatic nitrogens is 4. The van der Waals surface area contributed by atoms with Crippen LogP contribution in [0.15, 0.2) is 62.6 Å². The number of ketones is 1. The lowest BCUT2D eigenvalue weighted by atomic mass is 9.78. The fourth-order valence-corrected chi connectivity index (χ4v) is 5.41. The van der Waals surface area contributed by atoms with Crippen LogP contribution in [0.1, 0.15) is 53.9 Å². The van der Waals surface area contributed by atoms with Gasteiger partial charge in [0.05, 0.1) is 24.4 Å². The highest BCUT2D eigenvalue weighted by Gasteiger charge is 2.39. The molecule has 0 radical (unpaired) electrons. The normalized spacial score (nSPS) is 17.4. The molecule has 0 saturated carbocycles. The molecule has 9 nitrogen and oxygen atoms in total. The lowest BCUT2D eigenvalue weighted by Crippen LogP contribution is -2.26. The lowest BCUT2D eigenvalue weighted by molar-refractivity contribution is -0.347. The minimum absolute atomic E-state index is 0.0988. The Morgan fingerprint density at radius 2 is 2.24 bits per heavy atom. The molecule has 0 bridgehead atoms. The van der Waals surface area contributed by atoms with E-state index in [1.54, 1.807) is 13.1 Å². The Hall–Kier alpha value is -3.79. The number of pyridine rings is 1. The van der Waals surface area contributed by atoms with E-state index in [1.807, 2.05) is 30.5 Å². The molecular formula is C24H22N5O4S+. The van der Waals surface area contributed by atoms with E-state index in [0.29, 0.717) is 39.4 Å². The molecule has 0 aromatic carbocycles. The van der Waals surface area contributed by atoms with Crippen LogP contribution in [0, 0.1) is 0 Å². The van der Waals surface area contributed by atoms with Crippen molar-refractivity contribution in [3.8, 4) is 0 Å². The van der Waals surface area contributed by atoms with Crippen LogP contribution in [0.3, 0.4) is 0 Å². The van der Waals surface area contributed by atoms with Crippen LogP contribution in [0.5, 0.6) is 0 Å². The van der Waals surface area contributed by atoms with Gasteiger partial charge in [0, 0.05) is 41.2 Å². The van der Waals surface area contributed by atoms with E-state index in [9.17, 15) is 9.59 Å². The molecule has 10 heteroatoms. The Balaban J connectivity index is 1.38. The highest BCUT2D eigenvalue weighted by atomic mass is 32.2. The molecule has 4 aromatic heterocycles. The molecule has 6 rings (SSSR count). The smallest absolute Gasteiger partial charge is 0.356 e. The Bertz CT molecular complexity index is 1430. The first-order chi connectivity index (χ1) is 16.6. The van der Waals surface area contributed by atoms with Crippen molar-refractivity contribution < 1.29 is 23.7 Å². The SMILES string of the molecule is CCOC(=O)c1[nH]cc2c1NC1=C(C(=O)CCC1)C2c1ccc(Sc2nc3[nH+]cccc3[nH]2)o1. The highest BCUT2D eigenvalue weighted by Crippen LogP contribution is 2.47. The zero-order chi connectivity index (χ0) is 23.2. The molecule has 0 amide bonds. The van der Waals surface area contributed by atoms with E-state index < -0.39 is 11.9 Å². The summed E-state index contributed by atoms with van der Waals surface area (Å²) in [6.45, 7) is 2.05. The summed E-state index contributed by atoms with van der Waals surface area (Å²) in [5.41, 5.74) is 5.01. The standard InChI is InChI=1S/C24H21N5O4S/c1-2-32-23(31)21-20-12(11-26-21)18(19-13(27-20)5-3-7-15(19)30)16-8-9-17(33-16)34-24-28-14-6-4-10-25-22(14)29-24/h4,6,8-11,18,26-27H,2-3,5,7H2,1H3,(H,25,28,29)/p+1. The molecule has 34 heavy (non-hydrogen) atoms. The summed E-state index contributed by atoms with van der Waals surface area (Å²) < 4.78 is 11.5. The lowest BCUT2D eigenvalue weighted by Gasteiger charge is -2.31. The maximum atomic E-state index is 13.0. The van der Waals surface area contributed by atoms with E-state index in [-0.39, 0.29) is 12.4 Å². The van der Waals surface area contributed by atoms with Gasteiger partial charge in [0.25, 0.3) is 5.16 Å². The molecule has 2 aliphatic rings. The monoisotopic (exact) mass is 476 g/mol. The van der Waals surface area contributed by atoms with Crippen LogP contribution in [-0.2, 0) is 9.53 Å². The highest BCUT2D eigenvalue weighted by molar-refractivity contribution is 7.99. The number of aromatic amines is 3. The van der Waals surface area contributed by atoms with Crippen molar-refractivity contribution in [2.75, 3.05) is 11.9 Å². The first kappa shape index (κ1) is 20.8. The number of nitrogens with one attached hydrogen (secondary N) is 4. The Labute approximate surface area is 198 Å². The number of Topliss-reactive ketones (excluding diaryl/α,β-unsaturated/α-hetero) is 1. The Kier molecular flexibility index (Phi) is 5.02. The minimum atomic E-state index is -0.432. The third-order valence-electron chi connectivity index (χ3n) is 6.10. The van der Waals surface area contributed by atoms with Gasteiger partial charge >= 0.3 is 11.6 Å². The first-order valence-corrected chi connectivity index (χ1v) is 12.0. The number of hydrogen-bond acceptors (Lipinski definition) is 7. The average Bonchev–Trinajstić information content (AvgIpc) is 3.56. The van der Waals surface area contributed by atoms with E-state index in [4.69, 9.17) is 9.15 Å². The summed E-state index contributed by atoms with van der Waals surface area (Å²) in [4.78, 5) is 39.5. The second-order valence-corrected chi connectivity index (χ2v) is 9.17. The van der Waals surface area contributed by atoms with Crippen LogP contribution in [0.2, 0.25) is 0 Å². The molecule has 0 saturated heterocycles. The van der Waals surface area contributed by atoms with Gasteiger partial charge in [0.1, 0.15) is 17.0 Å². The maximum Gasteiger partial charge on any atom is 0.356 e. The number of furan rings is 1. The van der Waals surface area contributed by atoms with Crippen LogP contribution in [-0.4, -0.2) is 33.3 Å². The van der Waals surface area contributed by atoms with Crippen molar-refractivity contribution in [1.82, 2.24) is 15.0 Å². The van der Waals surface area contributed by atoms with Crippen molar-refractivity contribution in [2.24, 2.45) is 0 Å². The number of nitrogens with zero attached hydrogens (tertiary/aromatic N) is 1. The number of hydrogen-bond donors (Lipinski definition) is 3. The van der Waals surface area contributed by atoms with E-state index in [0.717, 1.165) is 35.3 Å². The van der Waals surface area contributed by atoms with Gasteiger partial charge in [-0.05, 0) is 49.0 Å². The third-order valence-corrected chi connectivity index (χ3v) is 6.90. The van der Waals surface area contributed by atoms with Gasteiger partial charge in [-0.25, -0.2) is 9.78 Å². The van der Waals surface area contributed by atoms with Gasteiger partial charge in [-0.15, -0.1) is 0 Å². The van der Waals surface area contributed by atoms with Gasteiger partial charge in [-0.1, -0.05) is 0 Å². The van der Waals surface area contributed by atoms with Crippen LogP contribution >= 0.6 is 11.8 Å². The number of fused-ring (bicyclic) bond motifs is 2. The van der Waals surface area contributed by atoms with Crippen molar-refractivity contribution >= 4 is 40.4 Å². The number of rotatable bonds is 5. The molecule has 1 aliphatic heterocycles. The van der Waals surface area contributed by atoms with E-state index in [2.05, 4.69) is 25.3 Å². The molecule has 1 unspecified atom stereocenters. The largest absolute Gasteiger partial charge is 0.461 e. The third kappa shape index (κ3) is 3.41. The summed E-state index contributed by atoms with van der Waals surface area (Å²) in [5, 5.41) is 4.69. The topological polar surface area (TPSA) is 127 Å². The van der Waals surface area contributed by atoms with Gasteiger partial charge in [0.2, 0.25) is 0 Å². The van der Waals surface area contributed by atoms with Gasteiger partial charge < -0.3 is 24.4 Å². The van der Waals surface area contributed by atoms with Crippen molar-refractivity contribution in [1.29, 1.82) is 0 Å². The number of allylic oxidation sites excluding steroid dienone is 2. The maximum absolute atomic E-state index is 13.0. The number of esters is 1. The van der Waals surface area contributed by atoms with Gasteiger partial charge in [-0.3, -0.25) is 4.79 Å². The number of anilines is 1. The van der Waals surface area contributed by atoms with Crippen LogP contribution in [0.25, 0.3) is 11.2 Å². The summed E-state index contributed by atoms with van der Waals surface area (Å²) in [7, 11) is 0. The van der Waals surface area contributed by atoms with Gasteiger partial charge in [-0.2, -0.15) is 0 Å². The molecule has 172 valence electrons. The summed E-state index contributed by atoms with van der Waals surface area (Å²) in [6.07, 6.45) is 5.59. The number of carbonyl (C=O) groups excluding carboxylic acids is 2. The molecule has 1 atom stereocenters. The fourth-order valence-electron chi connectivity index (χ4n) is 4.65. The van der Waals surface area contributed by atoms with Crippen molar-refractivity contribution in [3.05, 3.63) is 64.9 Å².